The zero-order valence-corrected chi connectivity index (χ0v) is 11.4. The molecule has 0 spiro atoms. The van der Waals surface area contributed by atoms with Gasteiger partial charge in [0.25, 0.3) is 0 Å². The molecule has 5 heteroatoms. The number of nitrogen functional groups attached to an aromatic ring is 1. The fraction of sp³-hybridized carbons (Fsp3) is 0.500. The predicted molar refractivity (Wildman–Crippen MR) is 76.6 cm³/mol. The van der Waals surface area contributed by atoms with E-state index >= 15 is 0 Å². The van der Waals surface area contributed by atoms with Crippen LogP contribution in [0.3, 0.4) is 0 Å². The number of nitrogens with two attached hydrogens (primary N) is 1. The van der Waals surface area contributed by atoms with E-state index in [1.54, 1.807) is 12.1 Å². The molecule has 0 unspecified atom stereocenters. The van der Waals surface area contributed by atoms with Gasteiger partial charge >= 0.3 is 5.97 Å². The summed E-state index contributed by atoms with van der Waals surface area (Å²) in [7, 11) is 4.16. The standard InChI is InChI=1S/C14H21N3O2/c1-17(2)14(6-3-7-14)9-16-12-8-10(13(18)19)4-5-11(12)15/h4-5,8,16H,3,6-7,9,15H2,1-2H3,(H,18,19). The highest BCUT2D eigenvalue weighted by Crippen LogP contribution is 2.36. The number of carboxylic acid groups (broad SMARTS) is 1. The molecule has 0 aromatic heterocycles. The summed E-state index contributed by atoms with van der Waals surface area (Å²) in [6.45, 7) is 0.785. The third-order valence-corrected chi connectivity index (χ3v) is 4.14. The number of anilines is 2. The van der Waals surface area contributed by atoms with Crippen LogP contribution in [-0.4, -0.2) is 42.2 Å². The molecule has 0 atom stereocenters. The van der Waals surface area contributed by atoms with E-state index in [4.69, 9.17) is 10.8 Å². The van der Waals surface area contributed by atoms with E-state index in [1.807, 2.05) is 0 Å². The molecule has 1 saturated carbocycles. The van der Waals surface area contributed by atoms with Crippen molar-refractivity contribution >= 4 is 17.3 Å². The Morgan fingerprint density at radius 3 is 2.63 bits per heavy atom. The second kappa shape index (κ2) is 5.09. The van der Waals surface area contributed by atoms with Crippen molar-refractivity contribution in [3.63, 3.8) is 0 Å². The summed E-state index contributed by atoms with van der Waals surface area (Å²) < 4.78 is 0. The summed E-state index contributed by atoms with van der Waals surface area (Å²) in [4.78, 5) is 13.2. The molecule has 0 radical (unpaired) electrons. The summed E-state index contributed by atoms with van der Waals surface area (Å²) in [6.07, 6.45) is 3.56. The van der Waals surface area contributed by atoms with Gasteiger partial charge in [-0.25, -0.2) is 4.79 Å². The van der Waals surface area contributed by atoms with Gasteiger partial charge in [0, 0.05) is 12.1 Å². The van der Waals surface area contributed by atoms with Crippen LogP contribution in [0, 0.1) is 0 Å². The van der Waals surface area contributed by atoms with Crippen molar-refractivity contribution in [3.8, 4) is 0 Å². The van der Waals surface area contributed by atoms with Gasteiger partial charge in [0.05, 0.1) is 16.9 Å². The van der Waals surface area contributed by atoms with E-state index in [-0.39, 0.29) is 11.1 Å². The molecule has 4 N–H and O–H groups in total. The Hall–Kier alpha value is -1.75. The molecule has 0 bridgehead atoms. The van der Waals surface area contributed by atoms with Gasteiger partial charge in [0.1, 0.15) is 0 Å². The Labute approximate surface area is 113 Å². The lowest BCUT2D eigenvalue weighted by molar-refractivity contribution is 0.0697. The second-order valence-electron chi connectivity index (χ2n) is 5.43. The zero-order valence-electron chi connectivity index (χ0n) is 11.4. The number of rotatable bonds is 5. The largest absolute Gasteiger partial charge is 0.478 e. The van der Waals surface area contributed by atoms with Crippen molar-refractivity contribution in [1.29, 1.82) is 0 Å². The van der Waals surface area contributed by atoms with Crippen LogP contribution < -0.4 is 11.1 Å². The molecule has 2 rings (SSSR count). The number of aromatic carboxylic acids is 1. The van der Waals surface area contributed by atoms with Gasteiger partial charge in [-0.05, 0) is 51.6 Å². The number of hydrogen-bond donors (Lipinski definition) is 3. The molecule has 1 fully saturated rings. The van der Waals surface area contributed by atoms with Crippen LogP contribution in [0.2, 0.25) is 0 Å². The molecule has 0 amide bonds. The number of nitrogens with one attached hydrogen (secondary N) is 1. The number of nitrogens with zero attached hydrogens (tertiary/aromatic N) is 1. The average Bonchev–Trinajstić information content (AvgIpc) is 2.29. The van der Waals surface area contributed by atoms with Crippen LogP contribution in [0.5, 0.6) is 0 Å². The molecule has 1 aliphatic carbocycles. The van der Waals surface area contributed by atoms with Gasteiger partial charge in [-0.3, -0.25) is 0 Å². The average molecular weight is 263 g/mol. The van der Waals surface area contributed by atoms with Crippen LogP contribution in [0.1, 0.15) is 29.6 Å². The lowest BCUT2D eigenvalue weighted by Crippen LogP contribution is -2.54. The molecular weight excluding hydrogens is 242 g/mol. The molecule has 0 heterocycles. The van der Waals surface area contributed by atoms with E-state index in [0.29, 0.717) is 11.4 Å². The minimum Gasteiger partial charge on any atom is -0.478 e. The minimum absolute atomic E-state index is 0.172. The molecule has 104 valence electrons. The Morgan fingerprint density at radius 1 is 1.47 bits per heavy atom. The van der Waals surface area contributed by atoms with Gasteiger partial charge in [-0.15, -0.1) is 0 Å². The zero-order chi connectivity index (χ0) is 14.0. The van der Waals surface area contributed by atoms with Crippen LogP contribution in [0.4, 0.5) is 11.4 Å². The van der Waals surface area contributed by atoms with E-state index < -0.39 is 5.97 Å². The minimum atomic E-state index is -0.936. The predicted octanol–water partition coefficient (Wildman–Crippen LogP) is 1.86. The van der Waals surface area contributed by atoms with E-state index in [1.165, 1.54) is 12.5 Å². The summed E-state index contributed by atoms with van der Waals surface area (Å²) in [6, 6.07) is 4.75. The van der Waals surface area contributed by atoms with Gasteiger partial charge in [0.2, 0.25) is 0 Å². The van der Waals surface area contributed by atoms with E-state index in [0.717, 1.165) is 19.4 Å². The van der Waals surface area contributed by atoms with Crippen molar-refractivity contribution in [2.45, 2.75) is 24.8 Å². The normalized spacial score (nSPS) is 17.0. The monoisotopic (exact) mass is 263 g/mol. The third kappa shape index (κ3) is 2.66. The fourth-order valence-corrected chi connectivity index (χ4v) is 2.47. The van der Waals surface area contributed by atoms with Crippen LogP contribution in [0.15, 0.2) is 18.2 Å². The first-order valence-electron chi connectivity index (χ1n) is 6.49. The summed E-state index contributed by atoms with van der Waals surface area (Å²) in [5.74, 6) is -0.936. The Balaban J connectivity index is 2.10. The highest BCUT2D eigenvalue weighted by atomic mass is 16.4. The first-order chi connectivity index (χ1) is 8.94. The third-order valence-electron chi connectivity index (χ3n) is 4.14. The number of likely N-dealkylation sites (N-methyl/N-ethyl adjacent to an activating group) is 1. The van der Waals surface area contributed by atoms with Crippen molar-refractivity contribution in [2.24, 2.45) is 0 Å². The first-order valence-corrected chi connectivity index (χ1v) is 6.49. The highest BCUT2D eigenvalue weighted by Gasteiger charge is 2.38. The topological polar surface area (TPSA) is 78.6 Å². The maximum Gasteiger partial charge on any atom is 0.335 e. The lowest BCUT2D eigenvalue weighted by Gasteiger charge is -2.47. The van der Waals surface area contributed by atoms with Gasteiger partial charge < -0.3 is 21.1 Å². The number of benzene rings is 1. The summed E-state index contributed by atoms with van der Waals surface area (Å²) >= 11 is 0. The first kappa shape index (κ1) is 13.7. The molecule has 1 aromatic rings. The van der Waals surface area contributed by atoms with Crippen LogP contribution >= 0.6 is 0 Å². The van der Waals surface area contributed by atoms with Crippen molar-refractivity contribution in [1.82, 2.24) is 4.90 Å². The molecule has 5 nitrogen and oxygen atoms in total. The Morgan fingerprint density at radius 2 is 2.16 bits per heavy atom. The molecule has 1 aromatic carbocycles. The maximum atomic E-state index is 11.0. The van der Waals surface area contributed by atoms with Crippen molar-refractivity contribution < 1.29 is 9.90 Å². The van der Waals surface area contributed by atoms with Gasteiger partial charge in [-0.2, -0.15) is 0 Å². The number of hydrogen-bond acceptors (Lipinski definition) is 4. The van der Waals surface area contributed by atoms with Crippen LogP contribution in [0.25, 0.3) is 0 Å². The van der Waals surface area contributed by atoms with Crippen molar-refractivity contribution in [3.05, 3.63) is 23.8 Å². The molecule has 1 aliphatic rings. The Bertz CT molecular complexity index is 482. The fourth-order valence-electron chi connectivity index (χ4n) is 2.47. The van der Waals surface area contributed by atoms with E-state index in [9.17, 15) is 4.79 Å². The molecule has 19 heavy (non-hydrogen) atoms. The smallest absolute Gasteiger partial charge is 0.335 e. The molecular formula is C14H21N3O2. The van der Waals surface area contributed by atoms with E-state index in [2.05, 4.69) is 24.3 Å². The lowest BCUT2D eigenvalue weighted by atomic mass is 9.75. The second-order valence-corrected chi connectivity index (χ2v) is 5.43. The number of carbonyl (C=O) groups is 1. The van der Waals surface area contributed by atoms with Gasteiger partial charge in [0.15, 0.2) is 0 Å². The van der Waals surface area contributed by atoms with Gasteiger partial charge in [-0.1, -0.05) is 0 Å². The maximum absolute atomic E-state index is 11.0. The quantitative estimate of drug-likeness (QED) is 0.707. The summed E-state index contributed by atoms with van der Waals surface area (Å²) in [5.41, 5.74) is 7.60. The SMILES string of the molecule is CN(C)C1(CNc2cc(C(=O)O)ccc2N)CCC1. The highest BCUT2D eigenvalue weighted by molar-refractivity contribution is 5.90. The summed E-state index contributed by atoms with van der Waals surface area (Å²) in [5, 5.41) is 12.3. The number of carboxylic acids is 1. The van der Waals surface area contributed by atoms with Crippen LogP contribution in [-0.2, 0) is 0 Å². The van der Waals surface area contributed by atoms with Crippen molar-refractivity contribution in [2.75, 3.05) is 31.7 Å². The molecule has 0 saturated heterocycles. The Kier molecular flexibility index (Phi) is 3.66. The molecule has 0 aliphatic heterocycles.